The zero-order valence-corrected chi connectivity index (χ0v) is 20.3. The van der Waals surface area contributed by atoms with E-state index in [1.807, 2.05) is 48.5 Å². The highest BCUT2D eigenvalue weighted by atomic mass is 32.2. The Bertz CT molecular complexity index is 1490. The fraction of sp³-hybridized carbons (Fsp3) is 0.167. The van der Waals surface area contributed by atoms with Gasteiger partial charge in [0, 0.05) is 27.8 Å². The first-order chi connectivity index (χ1) is 17.1. The molecule has 4 aromatic carbocycles. The fourth-order valence-electron chi connectivity index (χ4n) is 4.12. The number of ether oxygens (including phenoxy) is 1. The second-order valence-electron chi connectivity index (χ2n) is 8.67. The van der Waals surface area contributed by atoms with Crippen LogP contribution in [0.2, 0.25) is 0 Å². The van der Waals surface area contributed by atoms with Gasteiger partial charge < -0.3 is 14.3 Å². The molecule has 1 aromatic heterocycles. The molecule has 0 spiro atoms. The Labute approximate surface area is 208 Å². The Balaban J connectivity index is 1.30. The monoisotopic (exact) mass is 482 g/mol. The van der Waals surface area contributed by atoms with Crippen molar-refractivity contribution < 1.29 is 19.1 Å². The van der Waals surface area contributed by atoms with Crippen LogP contribution in [-0.4, -0.2) is 16.8 Å². The molecule has 1 atom stereocenters. The van der Waals surface area contributed by atoms with Crippen molar-refractivity contribution in [3.8, 4) is 16.9 Å². The lowest BCUT2D eigenvalue weighted by molar-refractivity contribution is -0.140. The number of benzene rings is 4. The Morgan fingerprint density at radius 1 is 0.914 bits per heavy atom. The Morgan fingerprint density at radius 2 is 1.69 bits per heavy atom. The summed E-state index contributed by atoms with van der Waals surface area (Å²) in [5.41, 5.74) is 6.14. The van der Waals surface area contributed by atoms with E-state index in [-0.39, 0.29) is 5.92 Å². The minimum atomic E-state index is -0.756. The summed E-state index contributed by atoms with van der Waals surface area (Å²) >= 11 is 1.62. The molecule has 0 aliphatic rings. The average molecular weight is 483 g/mol. The highest BCUT2D eigenvalue weighted by molar-refractivity contribution is 7.98. The molecule has 176 valence electrons. The van der Waals surface area contributed by atoms with Crippen molar-refractivity contribution in [3.05, 3.63) is 102 Å². The number of hydrogen-bond acceptors (Lipinski definition) is 4. The number of thioether (sulfide) groups is 1. The van der Waals surface area contributed by atoms with Crippen molar-refractivity contribution in [2.45, 2.75) is 19.3 Å². The molecule has 0 amide bonds. The van der Waals surface area contributed by atoms with Gasteiger partial charge >= 0.3 is 5.97 Å². The minimum Gasteiger partial charge on any atom is -0.489 e. The smallest absolute Gasteiger partial charge is 0.307 e. The molecule has 0 aliphatic carbocycles. The SMILES string of the molecule is CC(CSCc1cccc(OCc2cccc(-c3cccc4c3oc3ccccc34)c2)c1)C(=O)O. The second kappa shape index (κ2) is 10.3. The van der Waals surface area contributed by atoms with Gasteiger partial charge in [-0.3, -0.25) is 4.79 Å². The summed E-state index contributed by atoms with van der Waals surface area (Å²) in [5.74, 6) is 1.04. The average Bonchev–Trinajstić information content (AvgIpc) is 3.27. The summed E-state index contributed by atoms with van der Waals surface area (Å²) in [6.07, 6.45) is 0. The first-order valence-corrected chi connectivity index (χ1v) is 12.8. The number of aliphatic carboxylic acids is 1. The number of carbonyl (C=O) groups is 1. The van der Waals surface area contributed by atoms with Gasteiger partial charge in [-0.1, -0.05) is 73.7 Å². The van der Waals surface area contributed by atoms with Crippen LogP contribution in [0.4, 0.5) is 0 Å². The van der Waals surface area contributed by atoms with Crippen LogP contribution < -0.4 is 4.74 Å². The van der Waals surface area contributed by atoms with Gasteiger partial charge in [0.2, 0.25) is 0 Å². The number of carboxylic acid groups (broad SMARTS) is 1. The van der Waals surface area contributed by atoms with E-state index in [9.17, 15) is 4.79 Å². The predicted octanol–water partition coefficient (Wildman–Crippen LogP) is 7.79. The lowest BCUT2D eigenvalue weighted by Gasteiger charge is -2.10. The van der Waals surface area contributed by atoms with Gasteiger partial charge in [0.15, 0.2) is 0 Å². The summed E-state index contributed by atoms with van der Waals surface area (Å²) in [6, 6.07) is 30.7. The largest absolute Gasteiger partial charge is 0.489 e. The van der Waals surface area contributed by atoms with Gasteiger partial charge in [0.05, 0.1) is 5.92 Å². The highest BCUT2D eigenvalue weighted by Crippen LogP contribution is 2.35. The van der Waals surface area contributed by atoms with Crippen molar-refractivity contribution in [2.75, 3.05) is 5.75 Å². The van der Waals surface area contributed by atoms with Crippen molar-refractivity contribution in [3.63, 3.8) is 0 Å². The van der Waals surface area contributed by atoms with Gasteiger partial charge in [0.25, 0.3) is 0 Å². The van der Waals surface area contributed by atoms with E-state index < -0.39 is 5.97 Å². The van der Waals surface area contributed by atoms with Crippen LogP contribution in [0.15, 0.2) is 95.4 Å². The zero-order valence-electron chi connectivity index (χ0n) is 19.4. The fourth-order valence-corrected chi connectivity index (χ4v) is 5.15. The minimum absolute atomic E-state index is 0.350. The molecule has 0 aliphatic heterocycles. The van der Waals surface area contributed by atoms with E-state index in [4.69, 9.17) is 14.3 Å². The quantitative estimate of drug-likeness (QED) is 0.232. The topological polar surface area (TPSA) is 59.7 Å². The van der Waals surface area contributed by atoms with Crippen LogP contribution in [0, 0.1) is 5.92 Å². The van der Waals surface area contributed by atoms with Crippen LogP contribution in [0.5, 0.6) is 5.75 Å². The third-order valence-corrected chi connectivity index (χ3v) is 7.28. The lowest BCUT2D eigenvalue weighted by atomic mass is 10.0. The summed E-state index contributed by atoms with van der Waals surface area (Å²) in [4.78, 5) is 11.0. The molecule has 1 unspecified atom stereocenters. The third kappa shape index (κ3) is 5.20. The molecule has 0 bridgehead atoms. The van der Waals surface area contributed by atoms with E-state index in [1.165, 1.54) is 0 Å². The molecular formula is C30H26O4S. The molecule has 0 saturated heterocycles. The predicted molar refractivity (Wildman–Crippen MR) is 143 cm³/mol. The molecule has 4 nitrogen and oxygen atoms in total. The van der Waals surface area contributed by atoms with Crippen LogP contribution in [0.25, 0.3) is 33.1 Å². The Hall–Kier alpha value is -3.70. The summed E-state index contributed by atoms with van der Waals surface area (Å²) in [7, 11) is 0. The molecule has 1 N–H and O–H groups in total. The van der Waals surface area contributed by atoms with Gasteiger partial charge in [-0.05, 0) is 41.0 Å². The van der Waals surface area contributed by atoms with Crippen molar-refractivity contribution >= 4 is 39.7 Å². The normalized spacial score (nSPS) is 12.1. The first kappa shape index (κ1) is 23.1. The van der Waals surface area contributed by atoms with Crippen molar-refractivity contribution in [1.29, 1.82) is 0 Å². The molecule has 35 heavy (non-hydrogen) atoms. The van der Waals surface area contributed by atoms with Crippen LogP contribution >= 0.6 is 11.8 Å². The molecule has 1 heterocycles. The lowest BCUT2D eigenvalue weighted by Crippen LogP contribution is -2.11. The maximum absolute atomic E-state index is 11.0. The number of rotatable bonds is 9. The zero-order chi connectivity index (χ0) is 24.2. The summed E-state index contributed by atoms with van der Waals surface area (Å²) in [5, 5.41) is 11.3. The van der Waals surface area contributed by atoms with Gasteiger partial charge in [0.1, 0.15) is 23.5 Å². The third-order valence-electron chi connectivity index (χ3n) is 6.00. The molecule has 0 radical (unpaired) electrons. The first-order valence-electron chi connectivity index (χ1n) is 11.6. The van der Waals surface area contributed by atoms with E-state index in [0.717, 1.165) is 55.7 Å². The second-order valence-corrected chi connectivity index (χ2v) is 9.70. The van der Waals surface area contributed by atoms with Crippen LogP contribution in [-0.2, 0) is 17.2 Å². The number of carboxylic acids is 1. The highest BCUT2D eigenvalue weighted by Gasteiger charge is 2.13. The van der Waals surface area contributed by atoms with E-state index in [2.05, 4.69) is 42.5 Å². The van der Waals surface area contributed by atoms with E-state index >= 15 is 0 Å². The molecule has 5 heteroatoms. The number of furan rings is 1. The number of para-hydroxylation sites is 2. The summed E-state index contributed by atoms with van der Waals surface area (Å²) < 4.78 is 12.3. The van der Waals surface area contributed by atoms with E-state index in [0.29, 0.717) is 12.4 Å². The molecular weight excluding hydrogens is 456 g/mol. The van der Waals surface area contributed by atoms with Crippen molar-refractivity contribution in [1.82, 2.24) is 0 Å². The van der Waals surface area contributed by atoms with Crippen LogP contribution in [0.1, 0.15) is 18.1 Å². The standard InChI is InChI=1S/C30H26O4S/c1-20(30(31)32)18-35-19-22-8-5-10-24(16-22)33-17-21-7-4-9-23(15-21)25-12-6-13-27-26-11-2-3-14-28(26)34-29(25)27/h2-16,20H,17-19H2,1H3,(H,31,32). The molecule has 5 aromatic rings. The maximum Gasteiger partial charge on any atom is 0.307 e. The van der Waals surface area contributed by atoms with Gasteiger partial charge in [-0.25, -0.2) is 0 Å². The number of hydrogen-bond donors (Lipinski definition) is 1. The van der Waals surface area contributed by atoms with Crippen LogP contribution in [0.3, 0.4) is 0 Å². The Kier molecular flexibility index (Phi) is 6.77. The maximum atomic E-state index is 11.0. The van der Waals surface area contributed by atoms with Crippen molar-refractivity contribution in [2.24, 2.45) is 5.92 Å². The summed E-state index contributed by atoms with van der Waals surface area (Å²) in [6.45, 7) is 2.19. The molecule has 0 fully saturated rings. The van der Waals surface area contributed by atoms with E-state index in [1.54, 1.807) is 18.7 Å². The molecule has 5 rings (SSSR count). The van der Waals surface area contributed by atoms with Gasteiger partial charge in [-0.2, -0.15) is 11.8 Å². The van der Waals surface area contributed by atoms with Gasteiger partial charge in [-0.15, -0.1) is 0 Å². The Morgan fingerprint density at radius 3 is 2.57 bits per heavy atom. The molecule has 0 saturated carbocycles. The number of fused-ring (bicyclic) bond motifs is 3.